The molecule has 3 aliphatic heterocycles. The molecule has 0 spiro atoms. The van der Waals surface area contributed by atoms with Gasteiger partial charge in [-0.25, -0.2) is 0 Å². The second kappa shape index (κ2) is 39.2. The molecule has 0 aliphatic carbocycles. The van der Waals surface area contributed by atoms with Gasteiger partial charge in [0.25, 0.3) is 0 Å². The first kappa shape index (κ1) is 79.9. The second-order valence-corrected chi connectivity index (χ2v) is 21.3. The Labute approximate surface area is 511 Å². The number of thioether (sulfide) groups is 2. The average Bonchev–Trinajstić information content (AvgIpc) is 1.20. The van der Waals surface area contributed by atoms with Crippen molar-refractivity contribution in [2.75, 3.05) is 56.0 Å². The Morgan fingerprint density at radius 2 is 0.607 bits per heavy atom. The van der Waals surface area contributed by atoms with Gasteiger partial charge in [0.05, 0.1) is 6.61 Å². The summed E-state index contributed by atoms with van der Waals surface area (Å²) in [5, 5.41) is 288. The largest absolute Gasteiger partial charge is 0.506 e. The molecule has 19 atom stereocenters. The number of aliphatic hydroxyl groups excluding tert-OH is 25. The minimum absolute atomic E-state index is 0.320. The third-order valence-electron chi connectivity index (χ3n) is 12.5. The number of nitrogens with two attached hydrogens (primary N) is 2. The number of hydrogen-bond acceptors (Lipinski definition) is 39. The van der Waals surface area contributed by atoms with Gasteiger partial charge in [-0.1, -0.05) is 0 Å². The van der Waals surface area contributed by atoms with Gasteiger partial charge in [0.2, 0.25) is 37.7 Å². The van der Waals surface area contributed by atoms with Crippen molar-refractivity contribution >= 4 is 35.5 Å². The molecule has 3 rings (SSSR count). The molecular formula is C48H80N2O37S2. The van der Waals surface area contributed by atoms with Crippen LogP contribution in [0.2, 0.25) is 0 Å². The van der Waals surface area contributed by atoms with E-state index in [0.29, 0.717) is 0 Å². The van der Waals surface area contributed by atoms with Crippen LogP contribution in [0, 0.1) is 0 Å². The molecule has 89 heavy (non-hydrogen) atoms. The van der Waals surface area contributed by atoms with E-state index in [1.165, 1.54) is 0 Å². The predicted octanol–water partition coefficient (Wildman–Crippen LogP) is -5.39. The van der Waals surface area contributed by atoms with Crippen LogP contribution >= 0.6 is 23.5 Å². The molecule has 0 radical (unpaired) electrons. The molecule has 3 aliphatic rings. The fourth-order valence-corrected chi connectivity index (χ4v) is 9.47. The number of carboxylic acid groups (broad SMARTS) is 2. The van der Waals surface area contributed by atoms with Gasteiger partial charge in [-0.05, 0) is 24.3 Å². The normalized spacial score (nSPS) is 36.5. The number of carbonyl (C=O) groups is 2. The molecule has 1 fully saturated rings. The van der Waals surface area contributed by atoms with Crippen LogP contribution in [0.15, 0.2) is 69.1 Å². The average molecular weight is 1340 g/mol. The molecule has 516 valence electrons. The number of fused-ring (bicyclic) bond motifs is 26. The third-order valence-corrected chi connectivity index (χ3v) is 14.8. The number of carboxylic acids is 2. The molecule has 2 unspecified atom stereocenters. The highest BCUT2D eigenvalue weighted by Crippen LogP contribution is 2.32. The second-order valence-electron chi connectivity index (χ2n) is 19.0. The fourth-order valence-electron chi connectivity index (χ4n) is 7.59. The lowest BCUT2D eigenvalue weighted by Crippen LogP contribution is -2.61. The number of aliphatic hydroxyl groups is 25. The van der Waals surface area contributed by atoms with Gasteiger partial charge in [-0.15, -0.1) is 0 Å². The van der Waals surface area contributed by atoms with E-state index in [4.69, 9.17) is 49.4 Å². The summed E-state index contributed by atoms with van der Waals surface area (Å²) >= 11 is 1.52. The van der Waals surface area contributed by atoms with E-state index < -0.39 is 270 Å². The maximum Gasteiger partial charge on any atom is 0.321 e. The standard InChI is InChI=1S/C48H80N2O37S2/c49-16(40(70)71)14-88-11-5-22-29(60)36(67)44(76)82-19(2-8-52)26(57)33(64)42(74)80-18(1-7-51)25(56)32(63)43(75)81-20(3-9-53)27(58)34(65)45(77)84-23(6-12-89-15-17(50)41(72)73)30(61)37(68)47(79)87-39-24(13-55)86-48(38(69)31(39)62)85-21(4-10-54)28(59)35(66)46(78)83-22/h16-24,31,38-39,42-48,51-69,74-79H,1-15,49-50H2,(H,70,71)(H,72,73)/b32-25-,33-26+,34-27-,35-28+,36-29+,37-30?/t16-,17-,18-,19-,20-,21-,22-,23-,24?,31-,38?,39-,42-,43-,44+,45-,46+,47-,48-/m1/s1. The van der Waals surface area contributed by atoms with Crippen molar-refractivity contribution in [1.82, 2.24) is 0 Å². The van der Waals surface area contributed by atoms with Crippen LogP contribution in [0.4, 0.5) is 0 Å². The quantitative estimate of drug-likeness (QED) is 0.0477. The van der Waals surface area contributed by atoms with Gasteiger partial charge >= 0.3 is 11.9 Å². The first-order valence-electron chi connectivity index (χ1n) is 26.3. The topological polar surface area (TPSA) is 706 Å². The van der Waals surface area contributed by atoms with E-state index in [9.17, 15) is 147 Å². The lowest BCUT2D eigenvalue weighted by Gasteiger charge is -2.43. The van der Waals surface area contributed by atoms with Crippen LogP contribution in [-0.2, 0) is 47.5 Å². The third kappa shape index (κ3) is 23.7. The van der Waals surface area contributed by atoms with Crippen molar-refractivity contribution in [2.45, 2.75) is 156 Å². The first-order valence-corrected chi connectivity index (χ1v) is 28.6. The molecule has 1 saturated heterocycles. The molecule has 31 N–H and O–H groups in total. The monoisotopic (exact) mass is 1340 g/mol. The Bertz CT molecular complexity index is 2400. The molecule has 0 aromatic heterocycles. The Morgan fingerprint density at radius 1 is 0.360 bits per heavy atom. The molecule has 0 amide bonds. The van der Waals surface area contributed by atoms with Gasteiger partial charge in [0.15, 0.2) is 75.4 Å². The van der Waals surface area contributed by atoms with Crippen molar-refractivity contribution in [3.8, 4) is 0 Å². The summed E-state index contributed by atoms with van der Waals surface area (Å²) in [7, 11) is 0. The summed E-state index contributed by atoms with van der Waals surface area (Å²) in [5.74, 6) is -23.5. The minimum Gasteiger partial charge on any atom is -0.506 e. The van der Waals surface area contributed by atoms with Crippen LogP contribution in [0.1, 0.15) is 38.5 Å². The summed E-state index contributed by atoms with van der Waals surface area (Å²) in [6, 6.07) is -2.94. The lowest BCUT2D eigenvalue weighted by molar-refractivity contribution is -0.329. The molecule has 0 saturated carbocycles. The number of aliphatic carboxylic acids is 2. The van der Waals surface area contributed by atoms with Crippen LogP contribution in [-0.4, -0.2) is 323 Å². The van der Waals surface area contributed by atoms with E-state index in [0.717, 1.165) is 23.5 Å². The SMILES string of the molecule is N[C@H](CSCC[C@H]1O[C@@H](O)/C(O)=C(/O)[C@@H](CCO)O[C@@H](O)/C(O)=C(/O)[C@@H](CCO)O[C@@H](O)/C(O)=C(\O)[C@@H](CCO)O[C@H](O)/C(O)=C(\O)[C@@H](CCSC[C@@H](N)C(=O)O)O[C@H](O)/C(O)=C(\O)[C@@H](CCO)O[C@@H]2OC(CO)[C@@H](O[C@@H](O)C(O)=C1O)[C@H](O)C2O)C(=O)O. The van der Waals surface area contributed by atoms with Gasteiger partial charge in [-0.2, -0.15) is 23.5 Å². The molecule has 2 bridgehead atoms. The molecule has 0 aromatic rings. The van der Waals surface area contributed by atoms with Crippen LogP contribution in [0.5, 0.6) is 0 Å². The van der Waals surface area contributed by atoms with E-state index in [-0.39, 0.29) is 23.0 Å². The van der Waals surface area contributed by atoms with Gasteiger partial charge in [-0.3, -0.25) is 9.59 Å². The van der Waals surface area contributed by atoms with Crippen molar-refractivity contribution < 1.29 is 185 Å². The summed E-state index contributed by atoms with van der Waals surface area (Å²) < 4.78 is 42.0. The van der Waals surface area contributed by atoms with Crippen molar-refractivity contribution in [1.29, 1.82) is 0 Å². The summed E-state index contributed by atoms with van der Waals surface area (Å²) in [4.78, 5) is 22.6. The highest BCUT2D eigenvalue weighted by Gasteiger charge is 2.49. The van der Waals surface area contributed by atoms with Gasteiger partial charge in [0, 0.05) is 63.6 Å². The Balaban J connectivity index is 2.96. The van der Waals surface area contributed by atoms with Crippen LogP contribution in [0.3, 0.4) is 0 Å². The molecular weight excluding hydrogens is 1260 g/mol. The zero-order valence-electron chi connectivity index (χ0n) is 46.7. The predicted molar refractivity (Wildman–Crippen MR) is 294 cm³/mol. The van der Waals surface area contributed by atoms with Gasteiger partial charge in [0.1, 0.15) is 73.1 Å². The number of rotatable bonds is 21. The highest BCUT2D eigenvalue weighted by molar-refractivity contribution is 7.99. The van der Waals surface area contributed by atoms with E-state index in [1.807, 2.05) is 0 Å². The summed E-state index contributed by atoms with van der Waals surface area (Å²) in [6.07, 6.45) is -46.7. The number of ether oxygens (including phenoxy) is 8. The van der Waals surface area contributed by atoms with E-state index >= 15 is 0 Å². The van der Waals surface area contributed by atoms with Crippen molar-refractivity contribution in [3.63, 3.8) is 0 Å². The van der Waals surface area contributed by atoms with Crippen LogP contribution < -0.4 is 11.5 Å². The Hall–Kier alpha value is -5.24. The van der Waals surface area contributed by atoms with Crippen LogP contribution in [0.25, 0.3) is 0 Å². The van der Waals surface area contributed by atoms with E-state index in [2.05, 4.69) is 0 Å². The molecule has 3 heterocycles. The zero-order valence-corrected chi connectivity index (χ0v) is 48.3. The lowest BCUT2D eigenvalue weighted by atomic mass is 9.98. The maximum absolute atomic E-state index is 11.3. The summed E-state index contributed by atoms with van der Waals surface area (Å²) in [6.45, 7) is -5.27. The smallest absolute Gasteiger partial charge is 0.321 e. The number of hydrogen-bond donors (Lipinski definition) is 29. The Morgan fingerprint density at radius 3 is 0.854 bits per heavy atom. The summed E-state index contributed by atoms with van der Waals surface area (Å²) in [5.41, 5.74) is 11.0. The maximum atomic E-state index is 11.3. The molecule has 0 aromatic carbocycles. The fraction of sp³-hybridized carbons (Fsp3) is 0.708. The zero-order chi connectivity index (χ0) is 67.7. The highest BCUT2D eigenvalue weighted by atomic mass is 32.2. The van der Waals surface area contributed by atoms with Crippen molar-refractivity contribution in [3.05, 3.63) is 69.1 Å². The first-order chi connectivity index (χ1) is 41.8. The molecule has 41 heteroatoms. The molecule has 39 nitrogen and oxygen atoms in total. The Kier molecular flexibility index (Phi) is 35.2. The minimum atomic E-state index is -2.91. The van der Waals surface area contributed by atoms with Gasteiger partial charge < -0.3 is 187 Å². The van der Waals surface area contributed by atoms with Crippen molar-refractivity contribution in [2.24, 2.45) is 11.5 Å². The van der Waals surface area contributed by atoms with E-state index in [1.54, 1.807) is 0 Å².